The molecule has 0 unspecified atom stereocenters. The van der Waals surface area contributed by atoms with Crippen LogP contribution in [0, 0.1) is 6.92 Å². The smallest absolute Gasteiger partial charge is 0.160 e. The van der Waals surface area contributed by atoms with Gasteiger partial charge in [-0.25, -0.2) is 9.97 Å². The van der Waals surface area contributed by atoms with Crippen LogP contribution in [0.15, 0.2) is 55.1 Å². The van der Waals surface area contributed by atoms with Crippen molar-refractivity contribution in [3.63, 3.8) is 0 Å². The van der Waals surface area contributed by atoms with Gasteiger partial charge in [0, 0.05) is 60.9 Å². The van der Waals surface area contributed by atoms with Gasteiger partial charge in [-0.1, -0.05) is 18.2 Å². The van der Waals surface area contributed by atoms with Crippen LogP contribution in [0.1, 0.15) is 22.4 Å². The van der Waals surface area contributed by atoms with Crippen molar-refractivity contribution in [2.45, 2.75) is 26.4 Å². The van der Waals surface area contributed by atoms with Gasteiger partial charge in [-0.2, -0.15) is 0 Å². The minimum atomic E-state index is 0.756. The van der Waals surface area contributed by atoms with Crippen LogP contribution in [0.25, 0.3) is 22.3 Å². The van der Waals surface area contributed by atoms with Gasteiger partial charge >= 0.3 is 0 Å². The molecule has 3 aromatic heterocycles. The van der Waals surface area contributed by atoms with Crippen LogP contribution in [-0.2, 0) is 19.5 Å². The van der Waals surface area contributed by atoms with E-state index in [1.54, 1.807) is 6.20 Å². The number of para-hydroxylation sites is 1. The molecule has 0 aliphatic carbocycles. The number of nitrogens with zero attached hydrogens (tertiary/aromatic N) is 4. The Labute approximate surface area is 158 Å². The van der Waals surface area contributed by atoms with Gasteiger partial charge in [-0.05, 0) is 42.2 Å². The Morgan fingerprint density at radius 1 is 1.15 bits per heavy atom. The molecule has 4 aromatic rings. The minimum Gasteiger partial charge on any atom is -0.361 e. The van der Waals surface area contributed by atoms with Crippen LogP contribution in [0.4, 0.5) is 0 Å². The molecule has 1 aliphatic heterocycles. The maximum absolute atomic E-state index is 4.84. The van der Waals surface area contributed by atoms with E-state index < -0.39 is 0 Å². The lowest BCUT2D eigenvalue weighted by Crippen LogP contribution is -2.31. The summed E-state index contributed by atoms with van der Waals surface area (Å²) >= 11 is 0. The fraction of sp³-hybridized carbons (Fsp3) is 0.227. The van der Waals surface area contributed by atoms with Gasteiger partial charge in [0.2, 0.25) is 0 Å². The molecule has 0 fully saturated rings. The molecule has 4 heterocycles. The first kappa shape index (κ1) is 16.1. The van der Waals surface area contributed by atoms with Gasteiger partial charge in [-0.3, -0.25) is 9.88 Å². The lowest BCUT2D eigenvalue weighted by Gasteiger charge is -2.27. The number of aryl methyl sites for hydroxylation is 1. The van der Waals surface area contributed by atoms with Gasteiger partial charge in [0.1, 0.15) is 0 Å². The average molecular weight is 355 g/mol. The zero-order chi connectivity index (χ0) is 18.2. The van der Waals surface area contributed by atoms with E-state index >= 15 is 0 Å². The van der Waals surface area contributed by atoms with Crippen LogP contribution in [0.2, 0.25) is 0 Å². The lowest BCUT2D eigenvalue weighted by atomic mass is 10.0. The lowest BCUT2D eigenvalue weighted by molar-refractivity contribution is 0.242. The number of hydrogen-bond donors (Lipinski definition) is 1. The third kappa shape index (κ3) is 3.00. The molecule has 0 saturated carbocycles. The number of aromatic nitrogens is 4. The predicted octanol–water partition coefficient (Wildman–Crippen LogP) is 3.89. The van der Waals surface area contributed by atoms with E-state index in [2.05, 4.69) is 51.2 Å². The molecule has 1 aliphatic rings. The topological polar surface area (TPSA) is 57.7 Å². The summed E-state index contributed by atoms with van der Waals surface area (Å²) in [5.74, 6) is 0.756. The quantitative estimate of drug-likeness (QED) is 0.606. The molecule has 27 heavy (non-hydrogen) atoms. The summed E-state index contributed by atoms with van der Waals surface area (Å²) in [6.07, 6.45) is 8.71. The van der Waals surface area contributed by atoms with Gasteiger partial charge in [0.15, 0.2) is 5.82 Å². The summed E-state index contributed by atoms with van der Waals surface area (Å²) in [6.45, 7) is 4.95. The monoisotopic (exact) mass is 355 g/mol. The van der Waals surface area contributed by atoms with Crippen LogP contribution in [-0.4, -0.2) is 31.4 Å². The van der Waals surface area contributed by atoms with E-state index in [0.717, 1.165) is 43.1 Å². The second-order valence-corrected chi connectivity index (χ2v) is 7.18. The Kier molecular flexibility index (Phi) is 3.94. The van der Waals surface area contributed by atoms with Crippen molar-refractivity contribution < 1.29 is 0 Å². The Bertz CT molecular complexity index is 1100. The van der Waals surface area contributed by atoms with Crippen molar-refractivity contribution >= 4 is 10.9 Å². The third-order valence-corrected chi connectivity index (χ3v) is 5.35. The number of pyridine rings is 1. The Morgan fingerprint density at radius 3 is 3.00 bits per heavy atom. The molecule has 0 atom stereocenters. The number of nitrogens with one attached hydrogen (secondary N) is 1. The van der Waals surface area contributed by atoms with Gasteiger partial charge in [-0.15, -0.1) is 0 Å². The Morgan fingerprint density at radius 2 is 2.11 bits per heavy atom. The van der Waals surface area contributed by atoms with E-state index in [1.165, 1.54) is 27.6 Å². The van der Waals surface area contributed by atoms with Gasteiger partial charge in [0.25, 0.3) is 0 Å². The summed E-state index contributed by atoms with van der Waals surface area (Å²) in [5, 5.41) is 1.32. The van der Waals surface area contributed by atoms with Crippen molar-refractivity contribution in [3.05, 3.63) is 77.5 Å². The standard InChI is InChI=1S/C22H21N5/c1-15-4-2-6-19-18(12-24-21(15)19)13-27-9-7-16-11-25-22(26-20(16)14-27)17-5-3-8-23-10-17/h2-6,8,10-12,24H,7,9,13-14H2,1H3. The SMILES string of the molecule is Cc1cccc2c(CN3CCc4cnc(-c5cccnc5)nc4C3)c[nH]c12. The number of H-pyrrole nitrogens is 1. The van der Waals surface area contributed by atoms with Gasteiger partial charge < -0.3 is 4.98 Å². The van der Waals surface area contributed by atoms with E-state index in [-0.39, 0.29) is 0 Å². The fourth-order valence-electron chi connectivity index (χ4n) is 3.86. The predicted molar refractivity (Wildman–Crippen MR) is 106 cm³/mol. The molecule has 5 heteroatoms. The minimum absolute atomic E-state index is 0.756. The zero-order valence-corrected chi connectivity index (χ0v) is 15.3. The molecule has 0 spiro atoms. The van der Waals surface area contributed by atoms with E-state index in [1.807, 2.05) is 24.5 Å². The van der Waals surface area contributed by atoms with Crippen LogP contribution in [0.5, 0.6) is 0 Å². The molecule has 0 amide bonds. The molecule has 5 rings (SSSR count). The van der Waals surface area contributed by atoms with E-state index in [4.69, 9.17) is 4.98 Å². The number of aromatic amines is 1. The van der Waals surface area contributed by atoms with Crippen molar-refractivity contribution in [2.75, 3.05) is 6.54 Å². The first-order chi connectivity index (χ1) is 13.3. The zero-order valence-electron chi connectivity index (χ0n) is 15.3. The first-order valence-corrected chi connectivity index (χ1v) is 9.31. The van der Waals surface area contributed by atoms with Crippen LogP contribution >= 0.6 is 0 Å². The van der Waals surface area contributed by atoms with Crippen molar-refractivity contribution in [3.8, 4) is 11.4 Å². The number of benzene rings is 1. The molecular formula is C22H21N5. The molecule has 1 aromatic carbocycles. The summed E-state index contributed by atoms with van der Waals surface area (Å²) in [6, 6.07) is 10.4. The second-order valence-electron chi connectivity index (χ2n) is 7.18. The molecule has 134 valence electrons. The van der Waals surface area contributed by atoms with E-state index in [9.17, 15) is 0 Å². The summed E-state index contributed by atoms with van der Waals surface area (Å²) < 4.78 is 0. The largest absolute Gasteiger partial charge is 0.361 e. The van der Waals surface area contributed by atoms with Gasteiger partial charge in [0.05, 0.1) is 5.69 Å². The Balaban J connectivity index is 1.41. The molecule has 1 N–H and O–H groups in total. The van der Waals surface area contributed by atoms with Crippen molar-refractivity contribution in [2.24, 2.45) is 0 Å². The van der Waals surface area contributed by atoms with E-state index in [0.29, 0.717) is 0 Å². The van der Waals surface area contributed by atoms with Crippen molar-refractivity contribution in [1.82, 2.24) is 24.8 Å². The summed E-state index contributed by atoms with van der Waals surface area (Å²) in [5.41, 5.74) is 7.23. The second kappa shape index (κ2) is 6.59. The summed E-state index contributed by atoms with van der Waals surface area (Å²) in [7, 11) is 0. The summed E-state index contributed by atoms with van der Waals surface area (Å²) in [4.78, 5) is 19.5. The molecule has 5 nitrogen and oxygen atoms in total. The number of rotatable bonds is 3. The highest BCUT2D eigenvalue weighted by molar-refractivity contribution is 5.85. The Hall–Kier alpha value is -3.05. The highest BCUT2D eigenvalue weighted by Crippen LogP contribution is 2.25. The van der Waals surface area contributed by atoms with Crippen LogP contribution < -0.4 is 0 Å². The molecule has 0 bridgehead atoms. The van der Waals surface area contributed by atoms with Crippen LogP contribution in [0.3, 0.4) is 0 Å². The molecule has 0 radical (unpaired) electrons. The fourth-order valence-corrected chi connectivity index (χ4v) is 3.86. The highest BCUT2D eigenvalue weighted by atomic mass is 15.1. The molecular weight excluding hydrogens is 334 g/mol. The normalized spacial score (nSPS) is 14.4. The number of fused-ring (bicyclic) bond motifs is 2. The molecule has 0 saturated heterocycles. The maximum atomic E-state index is 4.84. The van der Waals surface area contributed by atoms with Crippen molar-refractivity contribution in [1.29, 1.82) is 0 Å². The third-order valence-electron chi connectivity index (χ3n) is 5.35. The highest BCUT2D eigenvalue weighted by Gasteiger charge is 2.20. The first-order valence-electron chi connectivity index (χ1n) is 9.31. The maximum Gasteiger partial charge on any atom is 0.160 e. The average Bonchev–Trinajstić information content (AvgIpc) is 3.12. The number of hydrogen-bond acceptors (Lipinski definition) is 4.